The number of aryl methyl sites for hydroxylation is 1. The van der Waals surface area contributed by atoms with E-state index < -0.39 is 0 Å². The number of carbonyl (C=O) groups excluding carboxylic acids is 1. The lowest BCUT2D eigenvalue weighted by Gasteiger charge is -2.39. The Balaban J connectivity index is 1.99. The van der Waals surface area contributed by atoms with Crippen molar-refractivity contribution < 1.29 is 9.53 Å². The highest BCUT2D eigenvalue weighted by Gasteiger charge is 2.33. The number of urea groups is 1. The first kappa shape index (κ1) is 16.9. The van der Waals surface area contributed by atoms with Crippen molar-refractivity contribution in [3.05, 3.63) is 23.5 Å². The van der Waals surface area contributed by atoms with Crippen molar-refractivity contribution in [1.82, 2.24) is 14.8 Å². The highest BCUT2D eigenvalue weighted by atomic mass is 16.5. The van der Waals surface area contributed by atoms with Crippen molar-refractivity contribution in [2.45, 2.75) is 46.7 Å². The third-order valence-corrected chi connectivity index (χ3v) is 4.27. The number of nitrogens with zero attached hydrogens (tertiary/aromatic N) is 2. The van der Waals surface area contributed by atoms with Gasteiger partial charge in [-0.3, -0.25) is 0 Å². The molecule has 0 aliphatic carbocycles. The van der Waals surface area contributed by atoms with E-state index in [1.807, 2.05) is 11.8 Å². The van der Waals surface area contributed by atoms with Gasteiger partial charge in [0.25, 0.3) is 0 Å². The highest BCUT2D eigenvalue weighted by molar-refractivity contribution is 5.75. The van der Waals surface area contributed by atoms with E-state index in [-0.39, 0.29) is 12.1 Å². The molecule has 5 heteroatoms. The van der Waals surface area contributed by atoms with Gasteiger partial charge >= 0.3 is 6.03 Å². The van der Waals surface area contributed by atoms with Gasteiger partial charge in [0, 0.05) is 44.2 Å². The molecular weight excluding hydrogens is 278 g/mol. The van der Waals surface area contributed by atoms with E-state index >= 15 is 0 Å². The number of hydrogen-bond donors (Lipinski definition) is 1. The van der Waals surface area contributed by atoms with E-state index in [2.05, 4.69) is 42.8 Å². The van der Waals surface area contributed by atoms with Gasteiger partial charge in [-0.25, -0.2) is 4.79 Å². The van der Waals surface area contributed by atoms with Crippen LogP contribution in [0.25, 0.3) is 0 Å². The van der Waals surface area contributed by atoms with E-state index in [1.54, 1.807) is 0 Å². The molecule has 1 N–H and O–H groups in total. The van der Waals surface area contributed by atoms with E-state index in [0.29, 0.717) is 19.1 Å². The summed E-state index contributed by atoms with van der Waals surface area (Å²) < 4.78 is 7.64. The van der Waals surface area contributed by atoms with Gasteiger partial charge < -0.3 is 19.5 Å². The Bertz CT molecular complexity index is 496. The third kappa shape index (κ3) is 3.64. The first-order valence-corrected chi connectivity index (χ1v) is 8.34. The largest absolute Gasteiger partial charge is 0.382 e. The summed E-state index contributed by atoms with van der Waals surface area (Å²) in [6, 6.07) is 4.50. The molecule has 0 fully saturated rings. The van der Waals surface area contributed by atoms with Gasteiger partial charge in [-0.2, -0.15) is 0 Å². The summed E-state index contributed by atoms with van der Waals surface area (Å²) in [4.78, 5) is 14.5. The number of rotatable bonds is 6. The SMILES string of the molecule is CCOCCCNC(=O)N1CCn2c(C)ccc2[C@H]1C(C)C. The van der Waals surface area contributed by atoms with Gasteiger partial charge in [0.2, 0.25) is 0 Å². The maximum Gasteiger partial charge on any atom is 0.318 e. The van der Waals surface area contributed by atoms with Crippen LogP contribution in [0, 0.1) is 12.8 Å². The van der Waals surface area contributed by atoms with Crippen molar-refractivity contribution in [3.8, 4) is 0 Å². The summed E-state index contributed by atoms with van der Waals surface area (Å²) >= 11 is 0. The number of fused-ring (bicyclic) bond motifs is 1. The number of nitrogens with one attached hydrogen (secondary N) is 1. The van der Waals surface area contributed by atoms with E-state index in [1.165, 1.54) is 11.4 Å². The molecule has 0 bridgehead atoms. The zero-order chi connectivity index (χ0) is 16.1. The number of aromatic nitrogens is 1. The molecule has 5 nitrogen and oxygen atoms in total. The monoisotopic (exact) mass is 307 g/mol. The molecule has 0 saturated carbocycles. The molecule has 2 heterocycles. The third-order valence-electron chi connectivity index (χ3n) is 4.27. The Labute approximate surface area is 133 Å². The van der Waals surface area contributed by atoms with Crippen molar-refractivity contribution in [3.63, 3.8) is 0 Å². The lowest BCUT2D eigenvalue weighted by molar-refractivity contribution is 0.128. The molecule has 1 aromatic rings. The van der Waals surface area contributed by atoms with Crippen LogP contribution < -0.4 is 5.32 Å². The maximum atomic E-state index is 12.5. The van der Waals surface area contributed by atoms with Crippen molar-refractivity contribution >= 4 is 6.03 Å². The van der Waals surface area contributed by atoms with Crippen molar-refractivity contribution in [2.75, 3.05) is 26.3 Å². The first-order chi connectivity index (χ1) is 10.6. The zero-order valence-corrected chi connectivity index (χ0v) is 14.3. The molecule has 0 aromatic carbocycles. The summed E-state index contributed by atoms with van der Waals surface area (Å²) in [6.07, 6.45) is 0.856. The molecule has 2 rings (SSSR count). The molecule has 1 atom stereocenters. The summed E-state index contributed by atoms with van der Waals surface area (Å²) in [5.41, 5.74) is 2.53. The van der Waals surface area contributed by atoms with Crippen LogP contribution in [0.3, 0.4) is 0 Å². The van der Waals surface area contributed by atoms with Gasteiger partial charge in [0.15, 0.2) is 0 Å². The van der Waals surface area contributed by atoms with Crippen LogP contribution in [-0.4, -0.2) is 41.8 Å². The lowest BCUT2D eigenvalue weighted by Crippen LogP contribution is -2.48. The Morgan fingerprint density at radius 2 is 2.18 bits per heavy atom. The average Bonchev–Trinajstić information content (AvgIpc) is 2.87. The second-order valence-electron chi connectivity index (χ2n) is 6.22. The molecule has 0 radical (unpaired) electrons. The second-order valence-corrected chi connectivity index (χ2v) is 6.22. The van der Waals surface area contributed by atoms with E-state index in [0.717, 1.165) is 26.1 Å². The van der Waals surface area contributed by atoms with E-state index in [4.69, 9.17) is 4.74 Å². The fourth-order valence-corrected chi connectivity index (χ4v) is 3.20. The highest BCUT2D eigenvalue weighted by Crippen LogP contribution is 2.33. The summed E-state index contributed by atoms with van der Waals surface area (Å²) in [5.74, 6) is 0.391. The second kappa shape index (κ2) is 7.68. The Kier molecular flexibility index (Phi) is 5.89. The normalized spacial score (nSPS) is 17.7. The maximum absolute atomic E-state index is 12.5. The van der Waals surface area contributed by atoms with Crippen molar-refractivity contribution in [1.29, 1.82) is 0 Å². The summed E-state index contributed by atoms with van der Waals surface area (Å²) in [6.45, 7) is 12.2. The van der Waals surface area contributed by atoms with Crippen LogP contribution in [0.1, 0.15) is 44.6 Å². The predicted molar refractivity (Wildman–Crippen MR) is 88.0 cm³/mol. The van der Waals surface area contributed by atoms with Crippen LogP contribution in [-0.2, 0) is 11.3 Å². The summed E-state index contributed by atoms with van der Waals surface area (Å²) in [5, 5.41) is 3.03. The van der Waals surface area contributed by atoms with Gasteiger partial charge in [0.05, 0.1) is 6.04 Å². The van der Waals surface area contributed by atoms with Crippen LogP contribution in [0.2, 0.25) is 0 Å². The first-order valence-electron chi connectivity index (χ1n) is 8.34. The summed E-state index contributed by atoms with van der Waals surface area (Å²) in [7, 11) is 0. The molecule has 2 amide bonds. The fraction of sp³-hybridized carbons (Fsp3) is 0.706. The number of hydrogen-bond acceptors (Lipinski definition) is 2. The van der Waals surface area contributed by atoms with Gasteiger partial charge in [0.1, 0.15) is 0 Å². The topological polar surface area (TPSA) is 46.5 Å². The van der Waals surface area contributed by atoms with Gasteiger partial charge in [-0.05, 0) is 38.3 Å². The number of ether oxygens (including phenoxy) is 1. The minimum atomic E-state index is 0.0419. The minimum absolute atomic E-state index is 0.0419. The molecule has 124 valence electrons. The standard InChI is InChI=1S/C17H29N3O2/c1-5-22-12-6-9-18-17(21)20-11-10-19-14(4)7-8-15(19)16(20)13(2)3/h7-8,13,16H,5-6,9-12H2,1-4H3,(H,18,21)/t16-/m1/s1. The molecule has 1 aromatic heterocycles. The molecule has 1 aliphatic heterocycles. The van der Waals surface area contributed by atoms with Crippen molar-refractivity contribution in [2.24, 2.45) is 5.92 Å². The Morgan fingerprint density at radius 1 is 1.41 bits per heavy atom. The molecule has 1 aliphatic rings. The minimum Gasteiger partial charge on any atom is -0.382 e. The molecule has 0 spiro atoms. The molecular formula is C17H29N3O2. The molecule has 0 saturated heterocycles. The van der Waals surface area contributed by atoms with Crippen LogP contribution >= 0.6 is 0 Å². The smallest absolute Gasteiger partial charge is 0.318 e. The quantitative estimate of drug-likeness (QED) is 0.821. The number of amides is 2. The van der Waals surface area contributed by atoms with Gasteiger partial charge in [-0.15, -0.1) is 0 Å². The zero-order valence-electron chi connectivity index (χ0n) is 14.3. The van der Waals surface area contributed by atoms with Crippen LogP contribution in [0.4, 0.5) is 4.79 Å². The lowest BCUT2D eigenvalue weighted by atomic mass is 9.97. The van der Waals surface area contributed by atoms with E-state index in [9.17, 15) is 4.79 Å². The molecule has 22 heavy (non-hydrogen) atoms. The number of carbonyl (C=O) groups is 1. The predicted octanol–water partition coefficient (Wildman–Crippen LogP) is 2.95. The average molecular weight is 307 g/mol. The molecule has 0 unspecified atom stereocenters. The fourth-order valence-electron chi connectivity index (χ4n) is 3.20. The Hall–Kier alpha value is -1.49. The van der Waals surface area contributed by atoms with Gasteiger partial charge in [-0.1, -0.05) is 13.8 Å². The van der Waals surface area contributed by atoms with Crippen LogP contribution in [0.5, 0.6) is 0 Å². The Morgan fingerprint density at radius 3 is 2.86 bits per heavy atom. The van der Waals surface area contributed by atoms with Crippen LogP contribution in [0.15, 0.2) is 12.1 Å².